The fourth-order valence-electron chi connectivity index (χ4n) is 6.68. The number of esters is 1. The molecule has 9 heteroatoms. The summed E-state index contributed by atoms with van der Waals surface area (Å²) in [5.41, 5.74) is -1.06. The third-order valence-electron chi connectivity index (χ3n) is 8.31. The smallest absolute Gasteiger partial charge is 0.313 e. The maximum Gasteiger partial charge on any atom is 0.313 e. The number of amides is 2. The summed E-state index contributed by atoms with van der Waals surface area (Å²) in [5.74, 6) is -3.26. The molecule has 0 aromatic heterocycles. The third kappa shape index (κ3) is 4.01. The second kappa shape index (κ2) is 9.62. The number of benzene rings is 2. The minimum absolute atomic E-state index is 0.0850. The molecule has 8 nitrogen and oxygen atoms in total. The van der Waals surface area contributed by atoms with Gasteiger partial charge in [0.05, 0.1) is 24.2 Å². The van der Waals surface area contributed by atoms with Gasteiger partial charge in [0.25, 0.3) is 5.91 Å². The molecule has 0 saturated carbocycles. The van der Waals surface area contributed by atoms with Crippen LogP contribution in [0.1, 0.15) is 12.5 Å². The maximum atomic E-state index is 14.5. The number of carbonyl (C=O) groups excluding carboxylic acids is 3. The molecule has 2 amide bonds. The normalized spacial score (nSPS) is 32.3. The molecule has 0 radical (unpaired) electrons. The molecule has 4 aliphatic rings. The Kier molecular flexibility index (Phi) is 6.37. The molecule has 1 spiro atoms. The van der Waals surface area contributed by atoms with Crippen LogP contribution >= 0.6 is 11.6 Å². The molecule has 1 unspecified atom stereocenters. The number of carbonyl (C=O) groups is 3. The molecule has 0 aliphatic carbocycles. The fraction of sp³-hybridized carbons (Fsp3) is 0.367. The molecule has 0 bridgehead atoms. The zero-order chi connectivity index (χ0) is 27.4. The molecule has 2 aromatic carbocycles. The fourth-order valence-corrected chi connectivity index (χ4v) is 6.80. The minimum Gasteiger partial charge on any atom is -0.461 e. The van der Waals surface area contributed by atoms with Crippen molar-refractivity contribution in [2.75, 3.05) is 24.7 Å². The highest BCUT2D eigenvalue weighted by Crippen LogP contribution is 2.57. The number of ether oxygens (including phenoxy) is 2. The summed E-state index contributed by atoms with van der Waals surface area (Å²) >= 11 is 6.10. The Balaban J connectivity index is 1.49. The number of hydrogen-bond acceptors (Lipinski definition) is 6. The number of cyclic esters (lactones) is 1. The van der Waals surface area contributed by atoms with Gasteiger partial charge in [0.2, 0.25) is 5.91 Å². The van der Waals surface area contributed by atoms with Crippen LogP contribution in [0.5, 0.6) is 0 Å². The van der Waals surface area contributed by atoms with Crippen molar-refractivity contribution in [3.05, 3.63) is 89.5 Å². The topological polar surface area (TPSA) is 96.4 Å². The standard InChI is InChI=1S/C30H29ClN2O6/c1-29-13-6-16-38-28(37)24(29)23-26(35)33(22(18-34)17-19-7-3-2-4-8-19)25-27(36)32(15-5-14-30(23,25)39-29)21-11-9-20(31)10-12-21/h2-14,22-25,34H,15-18H2,1H3/t22-,23+,24+,25?,29-,30+/m1/s1. The Bertz CT molecular complexity index is 1360. The van der Waals surface area contributed by atoms with Crippen molar-refractivity contribution < 1.29 is 29.0 Å². The maximum absolute atomic E-state index is 14.5. The molecule has 2 fully saturated rings. The number of likely N-dealkylation sites (tertiary alicyclic amines) is 1. The van der Waals surface area contributed by atoms with Crippen LogP contribution in [0.4, 0.5) is 5.69 Å². The summed E-state index contributed by atoms with van der Waals surface area (Å²) in [4.78, 5) is 45.3. The van der Waals surface area contributed by atoms with Crippen LogP contribution in [0.3, 0.4) is 0 Å². The van der Waals surface area contributed by atoms with E-state index in [1.807, 2.05) is 36.4 Å². The van der Waals surface area contributed by atoms with Gasteiger partial charge in [-0.3, -0.25) is 14.4 Å². The van der Waals surface area contributed by atoms with E-state index in [0.717, 1.165) is 5.56 Å². The first-order chi connectivity index (χ1) is 18.8. The van der Waals surface area contributed by atoms with E-state index in [1.165, 1.54) is 4.90 Å². The van der Waals surface area contributed by atoms with Crippen LogP contribution in [-0.4, -0.2) is 70.8 Å². The second-order valence-corrected chi connectivity index (χ2v) is 11.1. The van der Waals surface area contributed by atoms with Crippen molar-refractivity contribution in [1.29, 1.82) is 0 Å². The van der Waals surface area contributed by atoms with Crippen LogP contribution in [0, 0.1) is 11.8 Å². The van der Waals surface area contributed by atoms with Gasteiger partial charge in [0.1, 0.15) is 24.2 Å². The number of aliphatic hydroxyl groups excluding tert-OH is 1. The average Bonchev–Trinajstić information content (AvgIpc) is 3.19. The van der Waals surface area contributed by atoms with E-state index in [1.54, 1.807) is 54.3 Å². The lowest BCUT2D eigenvalue weighted by Gasteiger charge is -2.40. The van der Waals surface area contributed by atoms with E-state index in [-0.39, 0.29) is 25.7 Å². The Morgan fingerprint density at radius 3 is 2.46 bits per heavy atom. The molecule has 4 heterocycles. The molecular formula is C30H29ClN2O6. The lowest BCUT2D eigenvalue weighted by molar-refractivity contribution is -0.157. The van der Waals surface area contributed by atoms with Crippen molar-refractivity contribution in [3.8, 4) is 0 Å². The first-order valence-electron chi connectivity index (χ1n) is 13.1. The van der Waals surface area contributed by atoms with Gasteiger partial charge >= 0.3 is 5.97 Å². The number of nitrogens with zero attached hydrogens (tertiary/aromatic N) is 2. The number of fused-ring (bicyclic) bond motifs is 2. The molecule has 6 rings (SSSR count). The summed E-state index contributed by atoms with van der Waals surface area (Å²) in [7, 11) is 0. The van der Waals surface area contributed by atoms with Gasteiger partial charge in [-0.25, -0.2) is 0 Å². The third-order valence-corrected chi connectivity index (χ3v) is 8.56. The van der Waals surface area contributed by atoms with E-state index in [0.29, 0.717) is 17.1 Å². The number of hydrogen-bond donors (Lipinski definition) is 1. The quantitative estimate of drug-likeness (QED) is 0.456. The van der Waals surface area contributed by atoms with E-state index in [2.05, 4.69) is 0 Å². The van der Waals surface area contributed by atoms with E-state index < -0.39 is 47.0 Å². The molecule has 2 saturated heterocycles. The first-order valence-corrected chi connectivity index (χ1v) is 13.4. The molecule has 1 N–H and O–H groups in total. The van der Waals surface area contributed by atoms with Crippen LogP contribution < -0.4 is 4.90 Å². The van der Waals surface area contributed by atoms with Crippen molar-refractivity contribution in [1.82, 2.24) is 4.90 Å². The van der Waals surface area contributed by atoms with Gasteiger partial charge < -0.3 is 24.4 Å². The van der Waals surface area contributed by atoms with E-state index in [9.17, 15) is 19.5 Å². The number of halogens is 1. The SMILES string of the molecule is C[C@@]12C=CCOC(=O)[C@@H]1[C@H]1C(=O)N([C@@H](CO)Cc3ccccc3)C3C(=O)N(c4ccc(Cl)cc4)CC=C[C@@]31O2. The minimum atomic E-state index is -1.43. The Hall–Kier alpha value is -3.46. The zero-order valence-corrected chi connectivity index (χ0v) is 22.2. The molecule has 39 heavy (non-hydrogen) atoms. The number of rotatable bonds is 5. The molecular weight excluding hydrogens is 520 g/mol. The zero-order valence-electron chi connectivity index (χ0n) is 21.4. The van der Waals surface area contributed by atoms with Gasteiger partial charge in [-0.05, 0) is 49.2 Å². The van der Waals surface area contributed by atoms with Crippen molar-refractivity contribution >= 4 is 35.1 Å². The van der Waals surface area contributed by atoms with Crippen LogP contribution in [0.25, 0.3) is 0 Å². The lowest BCUT2D eigenvalue weighted by atomic mass is 9.75. The Labute approximate surface area is 231 Å². The van der Waals surface area contributed by atoms with Crippen LogP contribution in [-0.2, 0) is 30.3 Å². The summed E-state index contributed by atoms with van der Waals surface area (Å²) in [6.07, 6.45) is 7.38. The molecule has 6 atom stereocenters. The molecule has 2 aromatic rings. The first kappa shape index (κ1) is 25.8. The number of anilines is 1. The number of aliphatic hydroxyl groups is 1. The van der Waals surface area contributed by atoms with Gasteiger partial charge in [-0.2, -0.15) is 0 Å². The van der Waals surface area contributed by atoms with Gasteiger partial charge in [0.15, 0.2) is 0 Å². The van der Waals surface area contributed by atoms with Crippen molar-refractivity contribution in [3.63, 3.8) is 0 Å². The van der Waals surface area contributed by atoms with Crippen LogP contribution in [0.15, 0.2) is 78.9 Å². The van der Waals surface area contributed by atoms with Crippen molar-refractivity contribution in [2.24, 2.45) is 11.8 Å². The predicted molar refractivity (Wildman–Crippen MR) is 144 cm³/mol. The Morgan fingerprint density at radius 1 is 1.00 bits per heavy atom. The Morgan fingerprint density at radius 2 is 1.74 bits per heavy atom. The van der Waals surface area contributed by atoms with Gasteiger partial charge in [-0.15, -0.1) is 0 Å². The largest absolute Gasteiger partial charge is 0.461 e. The molecule has 4 aliphatic heterocycles. The van der Waals surface area contributed by atoms with Crippen LogP contribution in [0.2, 0.25) is 5.02 Å². The highest BCUT2D eigenvalue weighted by atomic mass is 35.5. The highest BCUT2D eigenvalue weighted by Gasteiger charge is 2.75. The van der Waals surface area contributed by atoms with E-state index in [4.69, 9.17) is 21.1 Å². The summed E-state index contributed by atoms with van der Waals surface area (Å²) in [6.45, 7) is 1.71. The average molecular weight is 549 g/mol. The summed E-state index contributed by atoms with van der Waals surface area (Å²) in [5, 5.41) is 11.1. The van der Waals surface area contributed by atoms with Crippen molar-refractivity contribution in [2.45, 2.75) is 36.6 Å². The monoisotopic (exact) mass is 548 g/mol. The lowest BCUT2D eigenvalue weighted by Crippen LogP contribution is -2.59. The summed E-state index contributed by atoms with van der Waals surface area (Å²) < 4.78 is 12.2. The van der Waals surface area contributed by atoms with Gasteiger partial charge in [-0.1, -0.05) is 60.2 Å². The second-order valence-electron chi connectivity index (χ2n) is 10.6. The summed E-state index contributed by atoms with van der Waals surface area (Å²) in [6, 6.07) is 14.5. The predicted octanol–water partition coefficient (Wildman–Crippen LogP) is 2.93. The molecule has 202 valence electrons. The van der Waals surface area contributed by atoms with Gasteiger partial charge in [0, 0.05) is 17.3 Å². The highest BCUT2D eigenvalue weighted by molar-refractivity contribution is 6.30. The van der Waals surface area contributed by atoms with E-state index >= 15 is 0 Å².